The summed E-state index contributed by atoms with van der Waals surface area (Å²) in [5.74, 6) is -1.77. The van der Waals surface area contributed by atoms with Crippen LogP contribution < -0.4 is 10.1 Å². The zero-order chi connectivity index (χ0) is 14.5. The molecule has 1 heterocycles. The largest absolute Gasteiger partial charge is 0.439 e. The number of hydrogen-bond acceptors (Lipinski definition) is 3. The van der Waals surface area contributed by atoms with E-state index in [9.17, 15) is 13.6 Å². The van der Waals surface area contributed by atoms with Gasteiger partial charge in [0.1, 0.15) is 5.75 Å². The highest BCUT2D eigenvalue weighted by molar-refractivity contribution is 5.72. The van der Waals surface area contributed by atoms with Gasteiger partial charge in [0.05, 0.1) is 0 Å². The van der Waals surface area contributed by atoms with Gasteiger partial charge in [0.2, 0.25) is 11.8 Å². The Hall–Kier alpha value is -2.50. The van der Waals surface area contributed by atoms with E-state index in [1.165, 1.54) is 19.2 Å². The third kappa shape index (κ3) is 3.50. The van der Waals surface area contributed by atoms with Crippen molar-refractivity contribution in [1.29, 1.82) is 0 Å². The first kappa shape index (κ1) is 13.9. The van der Waals surface area contributed by atoms with Gasteiger partial charge in [-0.25, -0.2) is 13.8 Å². The number of ether oxygens (including phenoxy) is 1. The number of nitrogens with one attached hydrogen (secondary N) is 1. The van der Waals surface area contributed by atoms with Gasteiger partial charge in [-0.2, -0.15) is 0 Å². The Bertz CT molecular complexity index is 632. The summed E-state index contributed by atoms with van der Waals surface area (Å²) in [6.45, 7) is 1.63. The first-order valence-corrected chi connectivity index (χ1v) is 5.87. The normalized spacial score (nSPS) is 10.2. The lowest BCUT2D eigenvalue weighted by molar-refractivity contribution is -0.119. The van der Waals surface area contributed by atoms with Crippen LogP contribution in [0, 0.1) is 11.6 Å². The molecule has 104 valence electrons. The maximum Gasteiger partial charge on any atom is 0.224 e. The summed E-state index contributed by atoms with van der Waals surface area (Å²) >= 11 is 0. The van der Waals surface area contributed by atoms with E-state index in [4.69, 9.17) is 4.74 Å². The van der Waals surface area contributed by atoms with Crippen molar-refractivity contribution in [2.45, 2.75) is 13.5 Å². The zero-order valence-corrected chi connectivity index (χ0v) is 10.7. The molecule has 0 saturated carbocycles. The van der Waals surface area contributed by atoms with Crippen LogP contribution in [0.1, 0.15) is 12.5 Å². The van der Waals surface area contributed by atoms with Crippen molar-refractivity contribution in [3.8, 4) is 11.6 Å². The highest BCUT2D eigenvalue weighted by Gasteiger charge is 2.09. The molecule has 0 fully saturated rings. The molecule has 0 bridgehead atoms. The molecule has 2 rings (SSSR count). The van der Waals surface area contributed by atoms with E-state index in [-0.39, 0.29) is 24.1 Å². The third-order valence-electron chi connectivity index (χ3n) is 2.48. The maximum atomic E-state index is 13.1. The van der Waals surface area contributed by atoms with Crippen molar-refractivity contribution in [3.63, 3.8) is 0 Å². The summed E-state index contributed by atoms with van der Waals surface area (Å²) in [5, 5.41) is 2.62. The Balaban J connectivity index is 2.19. The fraction of sp³-hybridized carbons (Fsp3) is 0.143. The Morgan fingerprint density at radius 3 is 2.80 bits per heavy atom. The fourth-order valence-corrected chi connectivity index (χ4v) is 1.52. The maximum absolute atomic E-state index is 13.1. The molecule has 1 aromatic carbocycles. The predicted octanol–water partition coefficient (Wildman–Crippen LogP) is 2.79. The minimum absolute atomic E-state index is 0.131. The Morgan fingerprint density at radius 1 is 1.30 bits per heavy atom. The van der Waals surface area contributed by atoms with Gasteiger partial charge >= 0.3 is 0 Å². The molecule has 0 aliphatic rings. The standard InChI is InChI=1S/C14H12F2N2O2/c1-9(19)18-8-10-3-2-6-17-14(10)20-11-4-5-12(15)13(16)7-11/h2-7H,8H2,1H3,(H,18,19). The minimum Gasteiger partial charge on any atom is -0.439 e. The molecule has 0 radical (unpaired) electrons. The number of rotatable bonds is 4. The molecular weight excluding hydrogens is 266 g/mol. The molecule has 0 aliphatic carbocycles. The van der Waals surface area contributed by atoms with E-state index in [0.717, 1.165) is 12.1 Å². The van der Waals surface area contributed by atoms with E-state index in [1.807, 2.05) is 0 Å². The van der Waals surface area contributed by atoms with Crippen LogP contribution in [-0.4, -0.2) is 10.9 Å². The summed E-state index contributed by atoms with van der Waals surface area (Å²) in [4.78, 5) is 14.9. The molecule has 1 amide bonds. The van der Waals surface area contributed by atoms with Crippen LogP contribution in [0.15, 0.2) is 36.5 Å². The average molecular weight is 278 g/mol. The Labute approximate surface area is 114 Å². The number of pyridine rings is 1. The molecule has 0 aliphatic heterocycles. The van der Waals surface area contributed by atoms with Gasteiger partial charge in [-0.3, -0.25) is 4.79 Å². The smallest absolute Gasteiger partial charge is 0.224 e. The van der Waals surface area contributed by atoms with Gasteiger partial charge in [0, 0.05) is 31.3 Å². The molecule has 6 heteroatoms. The number of nitrogens with zero attached hydrogens (tertiary/aromatic N) is 1. The first-order valence-electron chi connectivity index (χ1n) is 5.87. The van der Waals surface area contributed by atoms with Crippen molar-refractivity contribution in [3.05, 3.63) is 53.7 Å². The predicted molar refractivity (Wildman–Crippen MR) is 68.2 cm³/mol. The molecule has 2 aromatic rings. The quantitative estimate of drug-likeness (QED) is 0.935. The van der Waals surface area contributed by atoms with E-state index in [0.29, 0.717) is 5.56 Å². The average Bonchev–Trinajstić information content (AvgIpc) is 2.42. The second-order valence-corrected chi connectivity index (χ2v) is 4.06. The third-order valence-corrected chi connectivity index (χ3v) is 2.48. The highest BCUT2D eigenvalue weighted by atomic mass is 19.2. The number of aromatic nitrogens is 1. The highest BCUT2D eigenvalue weighted by Crippen LogP contribution is 2.24. The summed E-state index contributed by atoms with van der Waals surface area (Å²) in [5.41, 5.74) is 0.632. The lowest BCUT2D eigenvalue weighted by Gasteiger charge is -2.10. The Kier molecular flexibility index (Phi) is 4.24. The SMILES string of the molecule is CC(=O)NCc1cccnc1Oc1ccc(F)c(F)c1. The summed E-state index contributed by atoms with van der Waals surface area (Å²) in [6, 6.07) is 6.62. The number of carbonyl (C=O) groups excluding carboxylic acids is 1. The topological polar surface area (TPSA) is 51.2 Å². The van der Waals surface area contributed by atoms with E-state index in [1.54, 1.807) is 12.1 Å². The van der Waals surface area contributed by atoms with Crippen molar-refractivity contribution in [2.75, 3.05) is 0 Å². The molecular formula is C14H12F2N2O2. The molecule has 0 spiro atoms. The number of hydrogen-bond donors (Lipinski definition) is 1. The molecule has 1 aromatic heterocycles. The van der Waals surface area contributed by atoms with Crippen molar-refractivity contribution < 1.29 is 18.3 Å². The minimum atomic E-state index is -0.998. The van der Waals surface area contributed by atoms with Crippen LogP contribution in [0.5, 0.6) is 11.6 Å². The lowest BCUT2D eigenvalue weighted by atomic mass is 10.2. The van der Waals surface area contributed by atoms with E-state index < -0.39 is 11.6 Å². The van der Waals surface area contributed by atoms with Crippen LogP contribution in [0.25, 0.3) is 0 Å². The Morgan fingerprint density at radius 2 is 2.10 bits per heavy atom. The van der Waals surface area contributed by atoms with Gasteiger partial charge in [0.15, 0.2) is 11.6 Å². The molecule has 0 saturated heterocycles. The van der Waals surface area contributed by atoms with Gasteiger partial charge < -0.3 is 10.1 Å². The van der Waals surface area contributed by atoms with Crippen LogP contribution in [0.2, 0.25) is 0 Å². The van der Waals surface area contributed by atoms with Gasteiger partial charge in [0.25, 0.3) is 0 Å². The summed E-state index contributed by atoms with van der Waals surface area (Å²) in [7, 11) is 0. The molecule has 4 nitrogen and oxygen atoms in total. The monoisotopic (exact) mass is 278 g/mol. The van der Waals surface area contributed by atoms with Crippen molar-refractivity contribution in [1.82, 2.24) is 10.3 Å². The van der Waals surface area contributed by atoms with Crippen LogP contribution in [0.4, 0.5) is 8.78 Å². The van der Waals surface area contributed by atoms with Crippen molar-refractivity contribution in [2.24, 2.45) is 0 Å². The lowest BCUT2D eigenvalue weighted by Crippen LogP contribution is -2.19. The molecule has 0 unspecified atom stereocenters. The van der Waals surface area contributed by atoms with E-state index in [2.05, 4.69) is 10.3 Å². The van der Waals surface area contributed by atoms with Crippen LogP contribution in [0.3, 0.4) is 0 Å². The number of carbonyl (C=O) groups is 1. The van der Waals surface area contributed by atoms with Crippen LogP contribution >= 0.6 is 0 Å². The second-order valence-electron chi connectivity index (χ2n) is 4.06. The van der Waals surface area contributed by atoms with Crippen molar-refractivity contribution >= 4 is 5.91 Å². The zero-order valence-electron chi connectivity index (χ0n) is 10.7. The van der Waals surface area contributed by atoms with E-state index >= 15 is 0 Å². The fourth-order valence-electron chi connectivity index (χ4n) is 1.52. The molecule has 20 heavy (non-hydrogen) atoms. The second kappa shape index (κ2) is 6.10. The van der Waals surface area contributed by atoms with Gasteiger partial charge in [-0.15, -0.1) is 0 Å². The van der Waals surface area contributed by atoms with Crippen LogP contribution in [-0.2, 0) is 11.3 Å². The molecule has 1 N–H and O–H groups in total. The molecule has 0 atom stereocenters. The van der Waals surface area contributed by atoms with Gasteiger partial charge in [-0.1, -0.05) is 6.07 Å². The first-order chi connectivity index (χ1) is 9.56. The number of amides is 1. The number of benzene rings is 1. The summed E-state index contributed by atoms with van der Waals surface area (Å²) < 4.78 is 31.3. The van der Waals surface area contributed by atoms with Gasteiger partial charge in [-0.05, 0) is 18.2 Å². The summed E-state index contributed by atoms with van der Waals surface area (Å²) in [6.07, 6.45) is 1.51. The number of halogens is 2.